The molecule has 7 heteroatoms. The van der Waals surface area contributed by atoms with Gasteiger partial charge in [0.15, 0.2) is 0 Å². The van der Waals surface area contributed by atoms with Gasteiger partial charge in [-0.1, -0.05) is 48.0 Å². The number of carbonyl (C=O) groups excluding carboxylic acids is 1. The zero-order valence-corrected chi connectivity index (χ0v) is 14.5. The van der Waals surface area contributed by atoms with Crippen molar-refractivity contribution in [1.82, 2.24) is 5.32 Å². The third-order valence-electron chi connectivity index (χ3n) is 3.64. The average Bonchev–Trinajstić information content (AvgIpc) is 3.14. The van der Waals surface area contributed by atoms with E-state index < -0.39 is 10.8 Å². The molecule has 0 radical (unpaired) electrons. The number of nitrogens with zero attached hydrogens (tertiary/aromatic N) is 1. The molecule has 1 heterocycles. The highest BCUT2D eigenvalue weighted by Gasteiger charge is 2.21. The van der Waals surface area contributed by atoms with Gasteiger partial charge in [-0.15, -0.1) is 11.3 Å². The van der Waals surface area contributed by atoms with E-state index in [0.29, 0.717) is 0 Å². The Kier molecular flexibility index (Phi) is 5.11. The second-order valence-electron chi connectivity index (χ2n) is 5.26. The lowest BCUT2D eigenvalue weighted by molar-refractivity contribution is -0.384. The van der Waals surface area contributed by atoms with E-state index in [9.17, 15) is 14.9 Å². The van der Waals surface area contributed by atoms with E-state index in [1.807, 2.05) is 47.8 Å². The standard InChI is InChI=1S/C18H13ClN2O3S/c19-14-9-8-13(11-15(14)21(23)24)18(22)20-17(16-7-4-10-25-16)12-5-2-1-3-6-12/h1-11,17H,(H,20,22)/t17-/m1/s1. The summed E-state index contributed by atoms with van der Waals surface area (Å²) in [6, 6.07) is 17.1. The second-order valence-corrected chi connectivity index (χ2v) is 6.64. The van der Waals surface area contributed by atoms with E-state index in [1.165, 1.54) is 29.5 Å². The van der Waals surface area contributed by atoms with Gasteiger partial charge < -0.3 is 5.32 Å². The molecule has 3 rings (SSSR count). The van der Waals surface area contributed by atoms with E-state index in [2.05, 4.69) is 5.32 Å². The van der Waals surface area contributed by atoms with Crippen LogP contribution in [-0.4, -0.2) is 10.8 Å². The topological polar surface area (TPSA) is 72.2 Å². The summed E-state index contributed by atoms with van der Waals surface area (Å²) in [5.74, 6) is -0.401. The van der Waals surface area contributed by atoms with Gasteiger partial charge in [0.25, 0.3) is 11.6 Å². The highest BCUT2D eigenvalue weighted by molar-refractivity contribution is 7.10. The zero-order valence-electron chi connectivity index (χ0n) is 12.9. The molecule has 0 unspecified atom stereocenters. The molecule has 5 nitrogen and oxygen atoms in total. The van der Waals surface area contributed by atoms with E-state index in [4.69, 9.17) is 11.6 Å². The third-order valence-corrected chi connectivity index (χ3v) is 4.90. The first-order valence-corrected chi connectivity index (χ1v) is 8.65. The number of benzene rings is 2. The number of nitro benzene ring substituents is 1. The first kappa shape index (κ1) is 17.1. The molecule has 1 amide bonds. The number of hydrogen-bond donors (Lipinski definition) is 1. The van der Waals surface area contributed by atoms with Crippen molar-refractivity contribution >= 4 is 34.5 Å². The molecule has 0 saturated heterocycles. The van der Waals surface area contributed by atoms with Crippen LogP contribution in [0.3, 0.4) is 0 Å². The molecule has 25 heavy (non-hydrogen) atoms. The summed E-state index contributed by atoms with van der Waals surface area (Å²) >= 11 is 7.34. The minimum atomic E-state index is -0.604. The lowest BCUT2D eigenvalue weighted by Gasteiger charge is -2.18. The molecule has 0 aliphatic carbocycles. The van der Waals surface area contributed by atoms with Gasteiger partial charge in [-0.05, 0) is 29.1 Å². The average molecular weight is 373 g/mol. The van der Waals surface area contributed by atoms with Gasteiger partial charge in [0.05, 0.1) is 11.0 Å². The van der Waals surface area contributed by atoms with Gasteiger partial charge in [0.2, 0.25) is 0 Å². The van der Waals surface area contributed by atoms with E-state index in [1.54, 1.807) is 0 Å². The molecule has 1 N–H and O–H groups in total. The van der Waals surface area contributed by atoms with Crippen molar-refractivity contribution in [3.05, 3.63) is 97.2 Å². The Hall–Kier alpha value is -2.70. The highest BCUT2D eigenvalue weighted by atomic mass is 35.5. The smallest absolute Gasteiger partial charge is 0.288 e. The number of halogens is 1. The molecule has 0 aliphatic heterocycles. The van der Waals surface area contributed by atoms with E-state index in [0.717, 1.165) is 10.4 Å². The van der Waals surface area contributed by atoms with Gasteiger partial charge in [0, 0.05) is 16.5 Å². The number of rotatable bonds is 5. The molecular formula is C18H13ClN2O3S. The summed E-state index contributed by atoms with van der Waals surface area (Å²) in [5, 5.41) is 15.9. The van der Waals surface area contributed by atoms with Crippen molar-refractivity contribution in [3.8, 4) is 0 Å². The largest absolute Gasteiger partial charge is 0.340 e. The van der Waals surface area contributed by atoms with Crippen LogP contribution in [0.15, 0.2) is 66.0 Å². The molecule has 0 bridgehead atoms. The zero-order chi connectivity index (χ0) is 17.8. The van der Waals surface area contributed by atoms with Gasteiger partial charge in [0.1, 0.15) is 5.02 Å². The maximum atomic E-state index is 12.6. The lowest BCUT2D eigenvalue weighted by atomic mass is 10.0. The third kappa shape index (κ3) is 3.87. The van der Waals surface area contributed by atoms with Crippen molar-refractivity contribution in [1.29, 1.82) is 0 Å². The number of hydrogen-bond acceptors (Lipinski definition) is 4. The Balaban J connectivity index is 1.91. The fraction of sp³-hybridized carbons (Fsp3) is 0.0556. The fourth-order valence-corrected chi connectivity index (χ4v) is 3.42. The van der Waals surface area contributed by atoms with E-state index in [-0.39, 0.29) is 22.3 Å². The normalized spacial score (nSPS) is 11.7. The molecular weight excluding hydrogens is 360 g/mol. The minimum Gasteiger partial charge on any atom is -0.340 e. The predicted molar refractivity (Wildman–Crippen MR) is 98.2 cm³/mol. The maximum absolute atomic E-state index is 12.6. The van der Waals surface area contributed by atoms with Crippen LogP contribution < -0.4 is 5.32 Å². The van der Waals surface area contributed by atoms with Crippen molar-refractivity contribution in [2.24, 2.45) is 0 Å². The van der Waals surface area contributed by atoms with Crippen molar-refractivity contribution in [3.63, 3.8) is 0 Å². The van der Waals surface area contributed by atoms with Crippen molar-refractivity contribution in [2.75, 3.05) is 0 Å². The summed E-state index contributed by atoms with van der Waals surface area (Å²) in [6.45, 7) is 0. The van der Waals surface area contributed by atoms with Crippen LogP contribution >= 0.6 is 22.9 Å². The predicted octanol–water partition coefficient (Wildman–Crippen LogP) is 4.83. The van der Waals surface area contributed by atoms with Crippen molar-refractivity contribution < 1.29 is 9.72 Å². The molecule has 2 aromatic carbocycles. The van der Waals surface area contributed by atoms with E-state index >= 15 is 0 Å². The number of nitrogens with one attached hydrogen (secondary N) is 1. The van der Waals surface area contributed by atoms with Crippen LogP contribution in [0.5, 0.6) is 0 Å². The number of nitro groups is 1. The second kappa shape index (κ2) is 7.46. The Labute approximate surface area is 153 Å². The first-order valence-electron chi connectivity index (χ1n) is 7.39. The van der Waals surface area contributed by atoms with Crippen LogP contribution in [0.2, 0.25) is 5.02 Å². The monoisotopic (exact) mass is 372 g/mol. The lowest BCUT2D eigenvalue weighted by Crippen LogP contribution is -2.28. The van der Waals surface area contributed by atoms with Crippen LogP contribution in [0, 0.1) is 10.1 Å². The van der Waals surface area contributed by atoms with Crippen molar-refractivity contribution in [2.45, 2.75) is 6.04 Å². The van der Waals surface area contributed by atoms with Crippen LogP contribution in [0.25, 0.3) is 0 Å². The molecule has 126 valence electrons. The minimum absolute atomic E-state index is 0.000541. The SMILES string of the molecule is O=C(N[C@H](c1ccccc1)c1cccs1)c1ccc(Cl)c([N+](=O)[O-])c1. The van der Waals surface area contributed by atoms with Crippen LogP contribution in [0.1, 0.15) is 26.8 Å². The molecule has 3 aromatic rings. The Morgan fingerprint density at radius 2 is 1.88 bits per heavy atom. The molecule has 0 saturated carbocycles. The van der Waals surface area contributed by atoms with Crippen LogP contribution in [0.4, 0.5) is 5.69 Å². The number of amides is 1. The maximum Gasteiger partial charge on any atom is 0.288 e. The molecule has 0 spiro atoms. The van der Waals surface area contributed by atoms with Crippen LogP contribution in [-0.2, 0) is 0 Å². The fourth-order valence-electron chi connectivity index (χ4n) is 2.43. The highest BCUT2D eigenvalue weighted by Crippen LogP contribution is 2.28. The molecule has 0 fully saturated rings. The summed E-state index contributed by atoms with van der Waals surface area (Å²) in [7, 11) is 0. The number of carbonyl (C=O) groups is 1. The van der Waals surface area contributed by atoms with Gasteiger partial charge in [-0.3, -0.25) is 14.9 Å². The molecule has 1 atom stereocenters. The number of thiophene rings is 1. The molecule has 0 aliphatic rings. The summed E-state index contributed by atoms with van der Waals surface area (Å²) < 4.78 is 0. The van der Waals surface area contributed by atoms with Gasteiger partial charge >= 0.3 is 0 Å². The molecule has 1 aromatic heterocycles. The summed E-state index contributed by atoms with van der Waals surface area (Å²) in [4.78, 5) is 24.0. The Bertz CT molecular complexity index is 898. The quantitative estimate of drug-likeness (QED) is 0.515. The Morgan fingerprint density at radius 1 is 1.12 bits per heavy atom. The summed E-state index contributed by atoms with van der Waals surface area (Å²) in [5.41, 5.74) is 0.831. The first-order chi connectivity index (χ1) is 12.1. The summed E-state index contributed by atoms with van der Waals surface area (Å²) in [6.07, 6.45) is 0. The Morgan fingerprint density at radius 3 is 2.52 bits per heavy atom. The van der Waals surface area contributed by atoms with Gasteiger partial charge in [-0.25, -0.2) is 0 Å². The van der Waals surface area contributed by atoms with Gasteiger partial charge in [-0.2, -0.15) is 0 Å².